The van der Waals surface area contributed by atoms with Gasteiger partial charge in [0, 0.05) is 6.07 Å². The van der Waals surface area contributed by atoms with Gasteiger partial charge in [0.2, 0.25) is 0 Å². The van der Waals surface area contributed by atoms with Crippen molar-refractivity contribution >= 4 is 0 Å². The Morgan fingerprint density at radius 2 is 2.06 bits per heavy atom. The lowest BCUT2D eigenvalue weighted by molar-refractivity contribution is 0.200. The van der Waals surface area contributed by atoms with Crippen LogP contribution in [0.3, 0.4) is 0 Å². The van der Waals surface area contributed by atoms with Gasteiger partial charge in [-0.05, 0) is 32.9 Å². The third-order valence-electron chi connectivity index (χ3n) is 2.36. The summed E-state index contributed by atoms with van der Waals surface area (Å²) >= 11 is 0. The molecule has 1 aromatic rings. The van der Waals surface area contributed by atoms with E-state index in [1.54, 1.807) is 0 Å². The molecule has 0 N–H and O–H groups in total. The van der Waals surface area contributed by atoms with Crippen LogP contribution < -0.4 is 9.47 Å². The topological polar surface area (TPSA) is 31.0 Å². The Morgan fingerprint density at radius 3 is 2.69 bits per heavy atom. The van der Waals surface area contributed by atoms with Gasteiger partial charge in [0.25, 0.3) is 0 Å². The molecule has 1 aliphatic heterocycles. The standard InChI is InChI=1S/C13H18O3/c1-10(2)16-12-6-4-5-11(7-12)14-8-13(3)9-15-13/h4-7,10H,8-9H2,1-3H3. The van der Waals surface area contributed by atoms with Crippen LogP contribution in [0, 0.1) is 0 Å². The maximum Gasteiger partial charge on any atom is 0.123 e. The Morgan fingerprint density at radius 1 is 1.38 bits per heavy atom. The van der Waals surface area contributed by atoms with E-state index in [-0.39, 0.29) is 11.7 Å². The molecule has 88 valence electrons. The van der Waals surface area contributed by atoms with E-state index < -0.39 is 0 Å². The predicted octanol–water partition coefficient (Wildman–Crippen LogP) is 2.64. The van der Waals surface area contributed by atoms with Gasteiger partial charge in [-0.1, -0.05) is 6.07 Å². The zero-order valence-corrected chi connectivity index (χ0v) is 10.0. The molecule has 16 heavy (non-hydrogen) atoms. The number of ether oxygens (including phenoxy) is 3. The Labute approximate surface area is 96.3 Å². The average molecular weight is 222 g/mol. The van der Waals surface area contributed by atoms with E-state index in [0.717, 1.165) is 18.1 Å². The first-order valence-corrected chi connectivity index (χ1v) is 5.61. The first-order valence-electron chi connectivity index (χ1n) is 5.61. The van der Waals surface area contributed by atoms with Crippen molar-refractivity contribution < 1.29 is 14.2 Å². The second kappa shape index (κ2) is 4.34. The third kappa shape index (κ3) is 3.14. The highest BCUT2D eigenvalue weighted by Crippen LogP contribution is 2.28. The Kier molecular flexibility index (Phi) is 3.06. The van der Waals surface area contributed by atoms with Crippen molar-refractivity contribution in [3.05, 3.63) is 24.3 Å². The first-order chi connectivity index (χ1) is 7.57. The quantitative estimate of drug-likeness (QED) is 0.718. The zero-order valence-electron chi connectivity index (χ0n) is 10.0. The molecule has 1 aromatic carbocycles. The molecule has 1 atom stereocenters. The molecule has 0 bridgehead atoms. The summed E-state index contributed by atoms with van der Waals surface area (Å²) in [5.74, 6) is 1.67. The van der Waals surface area contributed by atoms with Gasteiger partial charge in [-0.25, -0.2) is 0 Å². The summed E-state index contributed by atoms with van der Waals surface area (Å²) in [6, 6.07) is 7.70. The Bertz CT molecular complexity index is 356. The fraction of sp³-hybridized carbons (Fsp3) is 0.538. The number of hydrogen-bond donors (Lipinski definition) is 0. The fourth-order valence-corrected chi connectivity index (χ4v) is 1.35. The lowest BCUT2D eigenvalue weighted by Gasteiger charge is -2.12. The van der Waals surface area contributed by atoms with Crippen LogP contribution >= 0.6 is 0 Å². The molecule has 3 nitrogen and oxygen atoms in total. The molecule has 1 saturated heterocycles. The van der Waals surface area contributed by atoms with Crippen LogP contribution in [0.25, 0.3) is 0 Å². The van der Waals surface area contributed by atoms with Gasteiger partial charge in [-0.2, -0.15) is 0 Å². The van der Waals surface area contributed by atoms with Gasteiger partial charge >= 0.3 is 0 Å². The average Bonchev–Trinajstić information content (AvgIpc) is 2.94. The molecule has 0 spiro atoms. The number of benzene rings is 1. The summed E-state index contributed by atoms with van der Waals surface area (Å²) in [6.07, 6.45) is 0.180. The summed E-state index contributed by atoms with van der Waals surface area (Å²) < 4.78 is 16.5. The normalized spacial score (nSPS) is 23.2. The van der Waals surface area contributed by atoms with E-state index in [9.17, 15) is 0 Å². The highest BCUT2D eigenvalue weighted by molar-refractivity contribution is 5.33. The number of rotatable bonds is 5. The summed E-state index contributed by atoms with van der Waals surface area (Å²) in [5.41, 5.74) is -0.0745. The molecule has 0 aliphatic carbocycles. The van der Waals surface area contributed by atoms with Crippen LogP contribution in [0.4, 0.5) is 0 Å². The highest BCUT2D eigenvalue weighted by atomic mass is 16.6. The zero-order chi connectivity index (χ0) is 11.6. The van der Waals surface area contributed by atoms with Crippen molar-refractivity contribution in [3.8, 4) is 11.5 Å². The SMILES string of the molecule is CC(C)Oc1cccc(OCC2(C)CO2)c1. The van der Waals surface area contributed by atoms with E-state index in [0.29, 0.717) is 6.61 Å². The molecule has 0 radical (unpaired) electrons. The van der Waals surface area contributed by atoms with Crippen molar-refractivity contribution in [2.24, 2.45) is 0 Å². The van der Waals surface area contributed by atoms with Crippen LogP contribution in [0.5, 0.6) is 11.5 Å². The smallest absolute Gasteiger partial charge is 0.123 e. The molecule has 1 unspecified atom stereocenters. The Balaban J connectivity index is 1.93. The molecule has 2 rings (SSSR count). The van der Waals surface area contributed by atoms with Gasteiger partial charge in [-0.3, -0.25) is 0 Å². The lowest BCUT2D eigenvalue weighted by atomic mass is 10.2. The maximum atomic E-state index is 5.65. The highest BCUT2D eigenvalue weighted by Gasteiger charge is 2.40. The van der Waals surface area contributed by atoms with Crippen LogP contribution in [0.1, 0.15) is 20.8 Å². The lowest BCUT2D eigenvalue weighted by Crippen LogP contribution is -2.16. The minimum atomic E-state index is -0.0745. The first kappa shape index (κ1) is 11.3. The second-order valence-corrected chi connectivity index (χ2v) is 4.67. The Hall–Kier alpha value is -1.22. The van der Waals surface area contributed by atoms with E-state index in [1.807, 2.05) is 45.0 Å². The summed E-state index contributed by atoms with van der Waals surface area (Å²) in [4.78, 5) is 0. The van der Waals surface area contributed by atoms with Crippen molar-refractivity contribution in [2.45, 2.75) is 32.5 Å². The molecule has 1 heterocycles. The van der Waals surface area contributed by atoms with Crippen LogP contribution in [0.2, 0.25) is 0 Å². The molecular weight excluding hydrogens is 204 g/mol. The monoisotopic (exact) mass is 222 g/mol. The van der Waals surface area contributed by atoms with Gasteiger partial charge < -0.3 is 14.2 Å². The summed E-state index contributed by atoms with van der Waals surface area (Å²) in [5, 5.41) is 0. The van der Waals surface area contributed by atoms with Crippen molar-refractivity contribution in [3.63, 3.8) is 0 Å². The van der Waals surface area contributed by atoms with Gasteiger partial charge in [0.05, 0.1) is 12.7 Å². The predicted molar refractivity (Wildman–Crippen MR) is 62.1 cm³/mol. The van der Waals surface area contributed by atoms with Crippen molar-refractivity contribution in [1.82, 2.24) is 0 Å². The molecular formula is C13H18O3. The molecule has 0 saturated carbocycles. The van der Waals surface area contributed by atoms with E-state index in [1.165, 1.54) is 0 Å². The molecule has 1 fully saturated rings. The molecule has 3 heteroatoms. The molecule has 0 amide bonds. The van der Waals surface area contributed by atoms with Crippen LogP contribution in [-0.4, -0.2) is 24.9 Å². The third-order valence-corrected chi connectivity index (χ3v) is 2.36. The summed E-state index contributed by atoms with van der Waals surface area (Å²) in [6.45, 7) is 7.44. The second-order valence-electron chi connectivity index (χ2n) is 4.67. The number of epoxide rings is 1. The fourth-order valence-electron chi connectivity index (χ4n) is 1.35. The minimum Gasteiger partial charge on any atom is -0.491 e. The van der Waals surface area contributed by atoms with Crippen molar-refractivity contribution in [1.29, 1.82) is 0 Å². The van der Waals surface area contributed by atoms with Crippen LogP contribution in [0.15, 0.2) is 24.3 Å². The van der Waals surface area contributed by atoms with Gasteiger partial charge in [0.15, 0.2) is 0 Å². The summed E-state index contributed by atoms with van der Waals surface area (Å²) in [7, 11) is 0. The van der Waals surface area contributed by atoms with Gasteiger partial charge in [-0.15, -0.1) is 0 Å². The maximum absolute atomic E-state index is 5.65. The van der Waals surface area contributed by atoms with Gasteiger partial charge in [0.1, 0.15) is 23.7 Å². The van der Waals surface area contributed by atoms with Crippen molar-refractivity contribution in [2.75, 3.05) is 13.2 Å². The molecule has 0 aromatic heterocycles. The number of hydrogen-bond acceptors (Lipinski definition) is 3. The van der Waals surface area contributed by atoms with E-state index >= 15 is 0 Å². The largest absolute Gasteiger partial charge is 0.491 e. The van der Waals surface area contributed by atoms with E-state index in [2.05, 4.69) is 0 Å². The van der Waals surface area contributed by atoms with Crippen LogP contribution in [-0.2, 0) is 4.74 Å². The minimum absolute atomic E-state index is 0.0745. The molecule has 1 aliphatic rings. The van der Waals surface area contributed by atoms with E-state index in [4.69, 9.17) is 14.2 Å².